The maximum atomic E-state index is 10.3. The van der Waals surface area contributed by atoms with E-state index in [0.717, 1.165) is 43.5 Å². The van der Waals surface area contributed by atoms with Gasteiger partial charge in [-0.15, -0.1) is 0 Å². The predicted molar refractivity (Wildman–Crippen MR) is 79.8 cm³/mol. The third-order valence-corrected chi connectivity index (χ3v) is 4.02. The summed E-state index contributed by atoms with van der Waals surface area (Å²) in [6.07, 6.45) is 1.63. The number of nitrogens with zero attached hydrogens (tertiary/aromatic N) is 1. The monoisotopic (exact) mass is 262 g/mol. The number of benzene rings is 1. The Hall–Kier alpha value is -1.06. The minimum atomic E-state index is -0.450. The summed E-state index contributed by atoms with van der Waals surface area (Å²) in [6, 6.07) is 7.60. The Balaban J connectivity index is 1.87. The van der Waals surface area contributed by atoms with Crippen molar-refractivity contribution in [1.29, 1.82) is 0 Å². The fourth-order valence-corrected chi connectivity index (χ4v) is 3.25. The lowest BCUT2D eigenvalue weighted by atomic mass is 9.91. The quantitative estimate of drug-likeness (QED) is 0.820. The number of aliphatic hydroxyl groups excluding tert-OH is 1. The van der Waals surface area contributed by atoms with Crippen molar-refractivity contribution in [3.05, 3.63) is 29.8 Å². The molecule has 19 heavy (non-hydrogen) atoms. The number of hydrogen-bond acceptors (Lipinski definition) is 3. The van der Waals surface area contributed by atoms with Crippen LogP contribution in [-0.2, 0) is 0 Å². The van der Waals surface area contributed by atoms with Crippen LogP contribution in [0.5, 0.6) is 0 Å². The average molecular weight is 262 g/mol. The van der Waals surface area contributed by atoms with Gasteiger partial charge in [0.1, 0.15) is 0 Å². The molecule has 106 valence electrons. The molecule has 1 heterocycles. The number of rotatable bonds is 4. The van der Waals surface area contributed by atoms with Crippen LogP contribution in [0.25, 0.3) is 0 Å². The second kappa shape index (κ2) is 6.40. The van der Waals surface area contributed by atoms with Crippen molar-refractivity contribution >= 4 is 5.69 Å². The van der Waals surface area contributed by atoms with Gasteiger partial charge in [0.15, 0.2) is 0 Å². The number of nitrogen functional groups attached to an aromatic ring is 1. The Labute approximate surface area is 116 Å². The Morgan fingerprint density at radius 3 is 2.53 bits per heavy atom. The molecule has 3 N–H and O–H groups in total. The highest BCUT2D eigenvalue weighted by atomic mass is 16.3. The van der Waals surface area contributed by atoms with E-state index in [4.69, 9.17) is 5.73 Å². The largest absolute Gasteiger partial charge is 0.398 e. The Bertz CT molecular complexity index is 397. The molecule has 0 aliphatic carbocycles. The third-order valence-electron chi connectivity index (χ3n) is 4.02. The summed E-state index contributed by atoms with van der Waals surface area (Å²) >= 11 is 0. The van der Waals surface area contributed by atoms with Crippen LogP contribution in [0.4, 0.5) is 5.69 Å². The molecular formula is C16H26N2O. The number of para-hydroxylation sites is 1. The van der Waals surface area contributed by atoms with Crippen LogP contribution in [0, 0.1) is 11.8 Å². The number of nitrogens with two attached hydrogens (primary N) is 1. The van der Waals surface area contributed by atoms with Crippen LogP contribution < -0.4 is 5.73 Å². The maximum Gasteiger partial charge on any atom is 0.0822 e. The topological polar surface area (TPSA) is 49.5 Å². The van der Waals surface area contributed by atoms with Crippen LogP contribution in [0.2, 0.25) is 0 Å². The highest BCUT2D eigenvalue weighted by Crippen LogP contribution is 2.25. The Morgan fingerprint density at radius 1 is 1.26 bits per heavy atom. The zero-order chi connectivity index (χ0) is 13.8. The summed E-state index contributed by atoms with van der Waals surface area (Å²) in [4.78, 5) is 2.47. The lowest BCUT2D eigenvalue weighted by molar-refractivity contribution is 0.103. The normalized spacial score (nSPS) is 26.3. The molecule has 0 aromatic heterocycles. The molecule has 0 amide bonds. The van der Waals surface area contributed by atoms with Gasteiger partial charge in [-0.25, -0.2) is 0 Å². The molecule has 2 rings (SSSR count). The zero-order valence-electron chi connectivity index (χ0n) is 12.0. The van der Waals surface area contributed by atoms with Gasteiger partial charge in [0.25, 0.3) is 0 Å². The average Bonchev–Trinajstić information content (AvgIpc) is 2.35. The van der Waals surface area contributed by atoms with Crippen LogP contribution in [-0.4, -0.2) is 29.6 Å². The third kappa shape index (κ3) is 3.95. The van der Waals surface area contributed by atoms with E-state index < -0.39 is 6.10 Å². The summed E-state index contributed by atoms with van der Waals surface area (Å²) < 4.78 is 0. The summed E-state index contributed by atoms with van der Waals surface area (Å²) in [7, 11) is 0. The standard InChI is InChI=1S/C16H26N2O/c1-12-9-13(2)11-18(10-12)8-7-16(19)14-5-3-4-6-15(14)17/h3-6,12-13,16,19H,7-11,17H2,1-2H3. The summed E-state index contributed by atoms with van der Waals surface area (Å²) in [5.74, 6) is 1.53. The van der Waals surface area contributed by atoms with Gasteiger partial charge in [-0.3, -0.25) is 0 Å². The first-order chi connectivity index (χ1) is 9.06. The van der Waals surface area contributed by atoms with E-state index in [1.54, 1.807) is 0 Å². The number of likely N-dealkylation sites (tertiary alicyclic amines) is 1. The number of piperidine rings is 1. The van der Waals surface area contributed by atoms with Gasteiger partial charge in [-0.1, -0.05) is 32.0 Å². The van der Waals surface area contributed by atoms with Crippen LogP contribution >= 0.6 is 0 Å². The molecule has 1 aliphatic heterocycles. The molecule has 3 atom stereocenters. The molecule has 3 nitrogen and oxygen atoms in total. The molecule has 0 bridgehead atoms. The summed E-state index contributed by atoms with van der Waals surface area (Å²) in [5.41, 5.74) is 7.45. The molecule has 3 unspecified atom stereocenters. The minimum absolute atomic E-state index is 0.450. The van der Waals surface area contributed by atoms with Gasteiger partial charge < -0.3 is 15.7 Å². The lowest BCUT2D eigenvalue weighted by Gasteiger charge is -2.35. The van der Waals surface area contributed by atoms with E-state index >= 15 is 0 Å². The molecule has 1 aliphatic rings. The van der Waals surface area contributed by atoms with Gasteiger partial charge in [-0.05, 0) is 30.7 Å². The highest BCUT2D eigenvalue weighted by molar-refractivity contribution is 5.47. The van der Waals surface area contributed by atoms with Crippen LogP contribution in [0.15, 0.2) is 24.3 Å². The van der Waals surface area contributed by atoms with Crippen molar-refractivity contribution < 1.29 is 5.11 Å². The smallest absolute Gasteiger partial charge is 0.0822 e. The predicted octanol–water partition coefficient (Wildman–Crippen LogP) is 2.67. The van der Waals surface area contributed by atoms with E-state index in [1.165, 1.54) is 6.42 Å². The second-order valence-corrected chi connectivity index (χ2v) is 6.14. The maximum absolute atomic E-state index is 10.3. The van der Waals surface area contributed by atoms with E-state index in [2.05, 4.69) is 18.7 Å². The van der Waals surface area contributed by atoms with Crippen molar-refractivity contribution in [2.24, 2.45) is 11.8 Å². The van der Waals surface area contributed by atoms with Gasteiger partial charge >= 0.3 is 0 Å². The first kappa shape index (κ1) is 14.4. The highest BCUT2D eigenvalue weighted by Gasteiger charge is 2.22. The van der Waals surface area contributed by atoms with E-state index in [1.807, 2.05) is 24.3 Å². The first-order valence-electron chi connectivity index (χ1n) is 7.31. The van der Waals surface area contributed by atoms with E-state index in [9.17, 15) is 5.11 Å². The van der Waals surface area contributed by atoms with Crippen molar-refractivity contribution in [3.8, 4) is 0 Å². The summed E-state index contributed by atoms with van der Waals surface area (Å²) in [5, 5.41) is 10.3. The Morgan fingerprint density at radius 2 is 1.89 bits per heavy atom. The Kier molecular flexibility index (Phi) is 4.83. The summed E-state index contributed by atoms with van der Waals surface area (Å²) in [6.45, 7) is 7.88. The lowest BCUT2D eigenvalue weighted by Crippen LogP contribution is -2.39. The van der Waals surface area contributed by atoms with Crippen molar-refractivity contribution in [1.82, 2.24) is 4.90 Å². The van der Waals surface area contributed by atoms with Gasteiger partial charge in [0.05, 0.1) is 6.10 Å². The SMILES string of the molecule is CC1CC(C)CN(CCC(O)c2ccccc2N)C1. The minimum Gasteiger partial charge on any atom is -0.398 e. The van der Waals surface area contributed by atoms with Crippen molar-refractivity contribution in [2.45, 2.75) is 32.8 Å². The van der Waals surface area contributed by atoms with Crippen molar-refractivity contribution in [3.63, 3.8) is 0 Å². The van der Waals surface area contributed by atoms with Crippen LogP contribution in [0.3, 0.4) is 0 Å². The fourth-order valence-electron chi connectivity index (χ4n) is 3.25. The molecule has 1 aromatic carbocycles. The number of hydrogen-bond donors (Lipinski definition) is 2. The van der Waals surface area contributed by atoms with E-state index in [0.29, 0.717) is 5.69 Å². The molecule has 1 aromatic rings. The van der Waals surface area contributed by atoms with Crippen molar-refractivity contribution in [2.75, 3.05) is 25.4 Å². The van der Waals surface area contributed by atoms with E-state index in [-0.39, 0.29) is 0 Å². The first-order valence-corrected chi connectivity index (χ1v) is 7.31. The number of aliphatic hydroxyl groups is 1. The van der Waals surface area contributed by atoms with Crippen LogP contribution in [0.1, 0.15) is 38.4 Å². The molecule has 0 saturated carbocycles. The zero-order valence-corrected chi connectivity index (χ0v) is 12.0. The van der Waals surface area contributed by atoms with Gasteiger partial charge in [-0.2, -0.15) is 0 Å². The molecule has 0 spiro atoms. The molecule has 3 heteroatoms. The molecule has 1 fully saturated rings. The van der Waals surface area contributed by atoms with Gasteiger partial charge in [0.2, 0.25) is 0 Å². The fraction of sp³-hybridized carbons (Fsp3) is 0.625. The molecular weight excluding hydrogens is 236 g/mol. The number of anilines is 1. The molecule has 0 radical (unpaired) electrons. The molecule has 1 saturated heterocycles. The second-order valence-electron chi connectivity index (χ2n) is 6.14. The van der Waals surface area contributed by atoms with Gasteiger partial charge in [0, 0.05) is 30.9 Å².